The van der Waals surface area contributed by atoms with E-state index in [1.807, 2.05) is 0 Å². The minimum atomic E-state index is 0. The standard InChI is InChI=1S/C5H2Cl3N.ClH.Na.H/c6-3-1-2-9-5(8)4(3)7;;;/h1-2H;1H;;/q;;+1;-1. The van der Waals surface area contributed by atoms with Gasteiger partial charge in [0, 0.05) is 6.07 Å². The van der Waals surface area contributed by atoms with Crippen LogP contribution in [0.2, 0.25) is 15.2 Å². The molecule has 1 N–H and O–H groups in total. The fourth-order valence-electron chi connectivity index (χ4n) is 0.429. The molecule has 0 aliphatic heterocycles. The number of hydrogen-bond acceptors (Lipinski definition) is 0. The molecular weight excluding hydrogens is 239 g/mol. The van der Waals surface area contributed by atoms with E-state index < -0.39 is 0 Å². The molecule has 0 bridgehead atoms. The number of H-pyrrole nitrogens is 1. The van der Waals surface area contributed by atoms with Crippen LogP contribution in [0.5, 0.6) is 0 Å². The molecular formula is C5H4Cl4NNa. The number of aromatic nitrogens is 1. The Hall–Kier alpha value is 1.31. The third-order valence-corrected chi connectivity index (χ3v) is 2.04. The average molecular weight is 243 g/mol. The van der Waals surface area contributed by atoms with E-state index in [1.54, 1.807) is 12.3 Å². The van der Waals surface area contributed by atoms with E-state index in [1.165, 1.54) is 0 Å². The van der Waals surface area contributed by atoms with Crippen LogP contribution < -0.4 is 46.9 Å². The molecule has 0 saturated carbocycles. The van der Waals surface area contributed by atoms with Gasteiger partial charge in [0.15, 0.2) is 6.20 Å². The first-order valence-electron chi connectivity index (χ1n) is 2.23. The van der Waals surface area contributed by atoms with Crippen LogP contribution in [-0.2, 0) is 0 Å². The van der Waals surface area contributed by atoms with Crippen LogP contribution in [0.1, 0.15) is 1.43 Å². The molecule has 0 amide bonds. The molecule has 0 radical (unpaired) electrons. The third-order valence-electron chi connectivity index (χ3n) is 0.842. The van der Waals surface area contributed by atoms with Gasteiger partial charge >= 0.3 is 29.6 Å². The van der Waals surface area contributed by atoms with E-state index in [-0.39, 0.29) is 43.4 Å². The smallest absolute Gasteiger partial charge is 1.00 e. The number of aromatic amines is 1. The minimum Gasteiger partial charge on any atom is -1.00 e. The van der Waals surface area contributed by atoms with Crippen molar-refractivity contribution in [3.05, 3.63) is 27.5 Å². The summed E-state index contributed by atoms with van der Waals surface area (Å²) < 4.78 is 0. The van der Waals surface area contributed by atoms with Crippen molar-refractivity contribution in [2.45, 2.75) is 0 Å². The first-order chi connectivity index (χ1) is 4.22. The molecule has 0 aromatic carbocycles. The van der Waals surface area contributed by atoms with Crippen molar-refractivity contribution in [2.75, 3.05) is 0 Å². The fraction of sp³-hybridized carbons (Fsp3) is 0. The van der Waals surface area contributed by atoms with E-state index in [0.717, 1.165) is 0 Å². The number of halogens is 4. The molecule has 1 nitrogen and oxygen atoms in total. The van der Waals surface area contributed by atoms with Crippen molar-refractivity contribution in [2.24, 2.45) is 0 Å². The van der Waals surface area contributed by atoms with Gasteiger partial charge in [0.1, 0.15) is 5.02 Å². The summed E-state index contributed by atoms with van der Waals surface area (Å²) in [4.78, 5) is 2.69. The number of hydrogen-bond donors (Lipinski definition) is 0. The zero-order chi connectivity index (χ0) is 6.85. The molecule has 0 saturated heterocycles. The Balaban J connectivity index is -0.000000270. The van der Waals surface area contributed by atoms with Crippen LogP contribution in [0.15, 0.2) is 12.3 Å². The van der Waals surface area contributed by atoms with E-state index in [2.05, 4.69) is 4.98 Å². The topological polar surface area (TPSA) is 14.1 Å². The second-order valence-electron chi connectivity index (χ2n) is 1.45. The Kier molecular flexibility index (Phi) is 9.14. The van der Waals surface area contributed by atoms with Gasteiger partial charge in [-0.3, -0.25) is 0 Å². The number of rotatable bonds is 0. The normalized spacial score (nSPS) is 7.91. The van der Waals surface area contributed by atoms with Crippen LogP contribution in [0.3, 0.4) is 0 Å². The average Bonchev–Trinajstić information content (AvgIpc) is 1.83. The Labute approximate surface area is 110 Å². The van der Waals surface area contributed by atoms with Gasteiger partial charge in [-0.05, 0) is 11.6 Å². The molecule has 0 aliphatic carbocycles. The molecule has 1 aromatic heterocycles. The van der Waals surface area contributed by atoms with E-state index >= 15 is 0 Å². The summed E-state index contributed by atoms with van der Waals surface area (Å²) in [5.74, 6) is 0. The first kappa shape index (κ1) is 14.8. The Morgan fingerprint density at radius 2 is 1.82 bits per heavy atom. The van der Waals surface area contributed by atoms with Crippen molar-refractivity contribution in [1.29, 1.82) is 0 Å². The van der Waals surface area contributed by atoms with Crippen molar-refractivity contribution in [1.82, 2.24) is 0 Å². The summed E-state index contributed by atoms with van der Waals surface area (Å²) in [5.41, 5.74) is 0. The van der Waals surface area contributed by atoms with E-state index in [4.69, 9.17) is 34.8 Å². The molecule has 11 heavy (non-hydrogen) atoms. The molecule has 58 valence electrons. The Bertz CT molecular complexity index is 214. The monoisotopic (exact) mass is 241 g/mol. The largest absolute Gasteiger partial charge is 1.00 e. The first-order valence-corrected chi connectivity index (χ1v) is 3.36. The van der Waals surface area contributed by atoms with Crippen LogP contribution in [-0.4, -0.2) is 0 Å². The van der Waals surface area contributed by atoms with Crippen molar-refractivity contribution in [3.8, 4) is 0 Å². The molecule has 0 fully saturated rings. The predicted molar refractivity (Wildman–Crippen MR) is 39.1 cm³/mol. The van der Waals surface area contributed by atoms with Gasteiger partial charge in [0.25, 0.3) is 5.15 Å². The van der Waals surface area contributed by atoms with Gasteiger partial charge in [0.05, 0.1) is 5.02 Å². The van der Waals surface area contributed by atoms with Gasteiger partial charge in [0.2, 0.25) is 0 Å². The quantitative estimate of drug-likeness (QED) is 0.333. The maximum absolute atomic E-state index is 5.58. The minimum absolute atomic E-state index is 0. The molecule has 1 aromatic rings. The van der Waals surface area contributed by atoms with Gasteiger partial charge < -0.3 is 13.8 Å². The van der Waals surface area contributed by atoms with Gasteiger partial charge in [-0.15, -0.1) is 0 Å². The van der Waals surface area contributed by atoms with Crippen LogP contribution in [0.4, 0.5) is 0 Å². The maximum Gasteiger partial charge on any atom is 1.00 e. The maximum atomic E-state index is 5.58. The van der Waals surface area contributed by atoms with Gasteiger partial charge in [-0.2, -0.15) is 0 Å². The zero-order valence-electron chi connectivity index (χ0n) is 6.67. The molecule has 0 aliphatic rings. The molecule has 0 unspecified atom stereocenters. The molecule has 6 heteroatoms. The van der Waals surface area contributed by atoms with E-state index in [9.17, 15) is 0 Å². The van der Waals surface area contributed by atoms with E-state index in [0.29, 0.717) is 15.2 Å². The van der Waals surface area contributed by atoms with Crippen molar-refractivity contribution < 1.29 is 48.4 Å². The Morgan fingerprint density at radius 3 is 2.18 bits per heavy atom. The molecule has 1 heterocycles. The fourth-order valence-corrected chi connectivity index (χ4v) is 0.918. The van der Waals surface area contributed by atoms with Gasteiger partial charge in [-0.25, -0.2) is 4.98 Å². The summed E-state index contributed by atoms with van der Waals surface area (Å²) in [5, 5.41) is 1.19. The van der Waals surface area contributed by atoms with Crippen molar-refractivity contribution in [3.63, 3.8) is 0 Å². The summed E-state index contributed by atoms with van der Waals surface area (Å²) in [6.07, 6.45) is 1.62. The second-order valence-corrected chi connectivity index (χ2v) is 2.62. The van der Waals surface area contributed by atoms with Crippen LogP contribution in [0, 0.1) is 0 Å². The zero-order valence-corrected chi connectivity index (χ0v) is 10.7. The van der Waals surface area contributed by atoms with Crippen LogP contribution >= 0.6 is 34.8 Å². The van der Waals surface area contributed by atoms with Crippen LogP contribution in [0.25, 0.3) is 0 Å². The second kappa shape index (κ2) is 6.79. The summed E-state index contributed by atoms with van der Waals surface area (Å²) >= 11 is 16.7. The molecule has 1 rings (SSSR count). The molecule has 0 atom stereocenters. The summed E-state index contributed by atoms with van der Waals surface area (Å²) in [6, 6.07) is 1.63. The molecule has 0 spiro atoms. The summed E-state index contributed by atoms with van der Waals surface area (Å²) in [6.45, 7) is 0. The SMILES string of the molecule is Clc1cc[nH+]c(Cl)c1Cl.[Cl-].[H-].[Na+]. The summed E-state index contributed by atoms with van der Waals surface area (Å²) in [7, 11) is 0. The third kappa shape index (κ3) is 4.18. The van der Waals surface area contributed by atoms with Crippen molar-refractivity contribution >= 4 is 34.8 Å². The van der Waals surface area contributed by atoms with Gasteiger partial charge in [-0.1, -0.05) is 23.2 Å². The Morgan fingerprint density at radius 1 is 1.27 bits per heavy atom. The predicted octanol–water partition coefficient (Wildman–Crippen LogP) is -3.42. The number of pyridine rings is 1. The number of nitrogens with one attached hydrogen (secondary N) is 1.